The van der Waals surface area contributed by atoms with Crippen molar-refractivity contribution in [3.8, 4) is 0 Å². The fourth-order valence-electron chi connectivity index (χ4n) is 3.48. The molecule has 182 valence electrons. The highest BCUT2D eigenvalue weighted by molar-refractivity contribution is 14.0. The molecule has 1 fully saturated rings. The summed E-state index contributed by atoms with van der Waals surface area (Å²) in [6.45, 7) is 11.7. The fourth-order valence-corrected chi connectivity index (χ4v) is 3.48. The van der Waals surface area contributed by atoms with Crippen LogP contribution in [0.4, 0.5) is 10.5 Å². The van der Waals surface area contributed by atoms with Gasteiger partial charge < -0.3 is 19.9 Å². The van der Waals surface area contributed by atoms with Crippen LogP contribution in [0.15, 0.2) is 17.4 Å². The molecular weight excluding hydrogens is 529 g/mol. The minimum Gasteiger partial charge on any atom is -0.444 e. The standard InChI is InChI=1S/C20H35N7O4.HI/c1-6-24(19(28)31-20(2,3)4)14-16-7-10-25(11-8-16)18(21-5)22-9-12-26-15-17(13-23-26)27(29)30;/h13,15-16H,6-12,14H2,1-5H3,(H,21,22);1H. The lowest BCUT2D eigenvalue weighted by Crippen LogP contribution is -2.48. The molecule has 0 bridgehead atoms. The summed E-state index contributed by atoms with van der Waals surface area (Å²) >= 11 is 0. The highest BCUT2D eigenvalue weighted by Crippen LogP contribution is 2.20. The average Bonchev–Trinajstić information content (AvgIpc) is 3.18. The summed E-state index contributed by atoms with van der Waals surface area (Å²) in [5, 5.41) is 18.0. The molecule has 11 nitrogen and oxygen atoms in total. The van der Waals surface area contributed by atoms with E-state index in [1.165, 1.54) is 12.4 Å². The van der Waals surface area contributed by atoms with Crippen LogP contribution in [0.25, 0.3) is 0 Å². The SMILES string of the molecule is CCN(CC1CCN(C(=NC)NCCn2cc([N+](=O)[O-])cn2)CC1)C(=O)OC(C)(C)C.I. The lowest BCUT2D eigenvalue weighted by Gasteiger charge is -2.36. The first kappa shape index (κ1) is 27.9. The molecule has 0 saturated carbocycles. The van der Waals surface area contributed by atoms with Crippen molar-refractivity contribution < 1.29 is 14.5 Å². The van der Waals surface area contributed by atoms with Crippen molar-refractivity contribution in [2.45, 2.75) is 52.7 Å². The molecule has 0 radical (unpaired) electrons. The molecule has 0 aliphatic carbocycles. The average molecular weight is 565 g/mol. The monoisotopic (exact) mass is 565 g/mol. The molecule has 1 aromatic heterocycles. The topological polar surface area (TPSA) is 118 Å². The molecule has 0 unspecified atom stereocenters. The zero-order valence-electron chi connectivity index (χ0n) is 19.6. The van der Waals surface area contributed by atoms with E-state index in [1.807, 2.05) is 27.7 Å². The molecule has 0 spiro atoms. The number of nitro groups is 1. The van der Waals surface area contributed by atoms with E-state index in [2.05, 4.69) is 20.3 Å². The van der Waals surface area contributed by atoms with Gasteiger partial charge in [0.2, 0.25) is 0 Å². The second kappa shape index (κ2) is 12.8. The van der Waals surface area contributed by atoms with E-state index >= 15 is 0 Å². The highest BCUT2D eigenvalue weighted by Gasteiger charge is 2.27. The van der Waals surface area contributed by atoms with Gasteiger partial charge in [-0.1, -0.05) is 0 Å². The number of guanidine groups is 1. The number of rotatable bonds is 7. The van der Waals surface area contributed by atoms with Crippen LogP contribution in [0, 0.1) is 16.0 Å². The second-order valence-corrected chi connectivity index (χ2v) is 8.64. The Morgan fingerprint density at radius 1 is 1.41 bits per heavy atom. The lowest BCUT2D eigenvalue weighted by molar-refractivity contribution is -0.385. The summed E-state index contributed by atoms with van der Waals surface area (Å²) in [4.78, 5) is 31.0. The molecule has 0 atom stereocenters. The number of nitrogens with one attached hydrogen (secondary N) is 1. The van der Waals surface area contributed by atoms with Gasteiger partial charge in [0, 0.05) is 39.8 Å². The number of amides is 1. The van der Waals surface area contributed by atoms with Crippen LogP contribution in [0.3, 0.4) is 0 Å². The molecule has 2 heterocycles. The Kier molecular flexibility index (Phi) is 11.2. The number of likely N-dealkylation sites (tertiary alicyclic amines) is 1. The molecule has 12 heteroatoms. The van der Waals surface area contributed by atoms with Gasteiger partial charge in [-0.05, 0) is 46.5 Å². The van der Waals surface area contributed by atoms with Gasteiger partial charge in [0.1, 0.15) is 18.0 Å². The maximum atomic E-state index is 12.4. The van der Waals surface area contributed by atoms with Gasteiger partial charge in [-0.25, -0.2) is 4.79 Å². The number of piperidine rings is 1. The first-order valence-corrected chi connectivity index (χ1v) is 10.7. The van der Waals surface area contributed by atoms with Crippen molar-refractivity contribution in [3.05, 3.63) is 22.5 Å². The normalized spacial score (nSPS) is 15.2. The highest BCUT2D eigenvalue weighted by atomic mass is 127. The molecule has 1 amide bonds. The molecule has 2 rings (SSSR count). The van der Waals surface area contributed by atoms with Gasteiger partial charge in [-0.3, -0.25) is 19.8 Å². The number of carbonyl (C=O) groups excluding carboxylic acids is 1. The van der Waals surface area contributed by atoms with Crippen LogP contribution < -0.4 is 5.32 Å². The summed E-state index contributed by atoms with van der Waals surface area (Å²) in [5.41, 5.74) is -0.508. The van der Waals surface area contributed by atoms with E-state index in [4.69, 9.17) is 4.74 Å². The number of hydrogen-bond acceptors (Lipinski definition) is 6. The zero-order chi connectivity index (χ0) is 23.0. The molecule has 1 saturated heterocycles. The molecule has 1 aromatic rings. The van der Waals surface area contributed by atoms with E-state index in [-0.39, 0.29) is 35.8 Å². The summed E-state index contributed by atoms with van der Waals surface area (Å²) in [7, 11) is 1.74. The maximum Gasteiger partial charge on any atom is 0.410 e. The Bertz CT molecular complexity index is 770. The minimum atomic E-state index is -0.493. The van der Waals surface area contributed by atoms with Crippen molar-refractivity contribution in [2.24, 2.45) is 10.9 Å². The maximum absolute atomic E-state index is 12.4. The summed E-state index contributed by atoms with van der Waals surface area (Å²) < 4.78 is 7.05. The van der Waals surface area contributed by atoms with Crippen molar-refractivity contribution in [3.63, 3.8) is 0 Å². The molecule has 1 aliphatic rings. The van der Waals surface area contributed by atoms with Crippen LogP contribution in [-0.4, -0.2) is 81.9 Å². The first-order chi connectivity index (χ1) is 14.6. The molecule has 1 N–H and O–H groups in total. The Balaban J connectivity index is 0.00000512. The Morgan fingerprint density at radius 3 is 2.56 bits per heavy atom. The van der Waals surface area contributed by atoms with E-state index in [9.17, 15) is 14.9 Å². The van der Waals surface area contributed by atoms with Gasteiger partial charge in [0.05, 0.1) is 11.5 Å². The van der Waals surface area contributed by atoms with Crippen molar-refractivity contribution in [1.29, 1.82) is 0 Å². The minimum absolute atomic E-state index is 0. The Hall–Kier alpha value is -2.12. The quantitative estimate of drug-likeness (QED) is 0.178. The van der Waals surface area contributed by atoms with Crippen LogP contribution in [0.5, 0.6) is 0 Å². The zero-order valence-corrected chi connectivity index (χ0v) is 21.9. The lowest BCUT2D eigenvalue weighted by atomic mass is 9.96. The third kappa shape index (κ3) is 8.79. The van der Waals surface area contributed by atoms with Gasteiger partial charge >= 0.3 is 11.8 Å². The predicted molar refractivity (Wildman–Crippen MR) is 133 cm³/mol. The number of ether oxygens (including phenoxy) is 1. The summed E-state index contributed by atoms with van der Waals surface area (Å²) in [6.07, 6.45) is 4.33. The van der Waals surface area contributed by atoms with Crippen LogP contribution >= 0.6 is 24.0 Å². The van der Waals surface area contributed by atoms with E-state index < -0.39 is 10.5 Å². The van der Waals surface area contributed by atoms with Crippen LogP contribution in [0.1, 0.15) is 40.5 Å². The van der Waals surface area contributed by atoms with Crippen molar-refractivity contribution >= 4 is 41.7 Å². The first-order valence-electron chi connectivity index (χ1n) is 10.7. The number of nitrogens with zero attached hydrogens (tertiary/aromatic N) is 6. The number of halogens is 1. The number of aliphatic imine (C=N–C) groups is 1. The third-order valence-electron chi connectivity index (χ3n) is 5.09. The Morgan fingerprint density at radius 2 is 2.06 bits per heavy atom. The number of carbonyl (C=O) groups is 1. The molecule has 0 aromatic carbocycles. The van der Waals surface area contributed by atoms with Gasteiger partial charge in [-0.15, -0.1) is 24.0 Å². The largest absolute Gasteiger partial charge is 0.444 e. The predicted octanol–water partition coefficient (Wildman–Crippen LogP) is 2.95. The molecule has 1 aliphatic heterocycles. The second-order valence-electron chi connectivity index (χ2n) is 8.64. The molecule has 32 heavy (non-hydrogen) atoms. The van der Waals surface area contributed by atoms with Crippen LogP contribution in [0.2, 0.25) is 0 Å². The Labute approximate surface area is 206 Å². The van der Waals surface area contributed by atoms with Gasteiger partial charge in [-0.2, -0.15) is 5.10 Å². The van der Waals surface area contributed by atoms with Crippen LogP contribution in [-0.2, 0) is 11.3 Å². The van der Waals surface area contributed by atoms with Gasteiger partial charge in [0.25, 0.3) is 0 Å². The number of aromatic nitrogens is 2. The summed E-state index contributed by atoms with van der Waals surface area (Å²) in [5.74, 6) is 1.23. The van der Waals surface area contributed by atoms with Crippen molar-refractivity contribution in [2.75, 3.05) is 39.8 Å². The van der Waals surface area contributed by atoms with E-state index in [1.54, 1.807) is 16.6 Å². The van der Waals surface area contributed by atoms with Gasteiger partial charge in [0.15, 0.2) is 5.96 Å². The fraction of sp³-hybridized carbons (Fsp3) is 0.750. The smallest absolute Gasteiger partial charge is 0.410 e. The van der Waals surface area contributed by atoms with E-state index in [0.29, 0.717) is 32.1 Å². The summed E-state index contributed by atoms with van der Waals surface area (Å²) in [6, 6.07) is 0. The third-order valence-corrected chi connectivity index (χ3v) is 5.09. The van der Waals surface area contributed by atoms with E-state index in [0.717, 1.165) is 31.9 Å². The van der Waals surface area contributed by atoms with Crippen molar-refractivity contribution in [1.82, 2.24) is 24.9 Å². The molecular formula is C20H36IN7O4. The number of hydrogen-bond donors (Lipinski definition) is 1.